The van der Waals surface area contributed by atoms with Crippen LogP contribution in [0, 0.1) is 0 Å². The molecular weight excluding hydrogens is 367 g/mol. The Bertz CT molecular complexity index is 699. The number of hydrogen-bond donors (Lipinski definition) is 1. The normalized spacial score (nSPS) is 14.1. The van der Waals surface area contributed by atoms with Crippen molar-refractivity contribution < 1.29 is 13.9 Å². The molecule has 0 fully saturated rings. The van der Waals surface area contributed by atoms with Crippen molar-refractivity contribution in [3.63, 3.8) is 0 Å². The molecule has 0 spiro atoms. The topological polar surface area (TPSA) is 29.5 Å². The predicted molar refractivity (Wildman–Crippen MR) is 118 cm³/mol. The zero-order valence-corrected chi connectivity index (χ0v) is 18.5. The highest BCUT2D eigenvalue weighted by Gasteiger charge is 2.50. The van der Waals surface area contributed by atoms with Crippen LogP contribution in [0.5, 0.6) is 0 Å². The number of halogens is 1. The van der Waals surface area contributed by atoms with Crippen LogP contribution >= 0.6 is 0 Å². The van der Waals surface area contributed by atoms with E-state index in [1.807, 2.05) is 43.3 Å². The summed E-state index contributed by atoms with van der Waals surface area (Å²) in [5.41, 5.74) is 0. The number of aliphatic hydroxyl groups is 1. The standard InChI is InChI=1S/C24H33FO2Si/c1-5-6-17-22(25)23(26)18-19-27-28(24(2,3)4,20-13-9-7-10-14-20)21-15-11-8-12-16-21/h7-17,23,26H,5-6,18-19H2,1-4H3/b22-17-. The smallest absolute Gasteiger partial charge is 0.261 e. The predicted octanol–water partition coefficient (Wildman–Crippen LogP) is 4.97. The van der Waals surface area contributed by atoms with Crippen molar-refractivity contribution in [3.8, 4) is 0 Å². The maximum absolute atomic E-state index is 14.1. The molecule has 2 nitrogen and oxygen atoms in total. The van der Waals surface area contributed by atoms with E-state index < -0.39 is 20.2 Å². The minimum Gasteiger partial charge on any atom is -0.407 e. The van der Waals surface area contributed by atoms with Gasteiger partial charge in [-0.05, 0) is 21.8 Å². The van der Waals surface area contributed by atoms with Crippen molar-refractivity contribution >= 4 is 18.7 Å². The fourth-order valence-electron chi connectivity index (χ4n) is 3.64. The molecule has 2 rings (SSSR count). The molecule has 1 N–H and O–H groups in total. The fourth-order valence-corrected chi connectivity index (χ4v) is 8.22. The zero-order valence-electron chi connectivity index (χ0n) is 17.5. The molecule has 0 aliphatic rings. The largest absolute Gasteiger partial charge is 0.407 e. The highest BCUT2D eigenvalue weighted by Crippen LogP contribution is 2.36. The van der Waals surface area contributed by atoms with Gasteiger partial charge >= 0.3 is 0 Å². The summed E-state index contributed by atoms with van der Waals surface area (Å²) in [6.07, 6.45) is 2.12. The summed E-state index contributed by atoms with van der Waals surface area (Å²) in [5.74, 6) is -0.451. The molecule has 0 radical (unpaired) electrons. The third kappa shape index (κ3) is 5.19. The van der Waals surface area contributed by atoms with Crippen LogP contribution in [0.15, 0.2) is 72.6 Å². The summed E-state index contributed by atoms with van der Waals surface area (Å²) >= 11 is 0. The first kappa shape index (κ1) is 22.5. The Kier molecular flexibility index (Phi) is 8.17. The SMILES string of the molecule is CCC/C=C(\F)C(O)CCO[Si](c1ccccc1)(c1ccccc1)C(C)(C)C. The molecule has 0 bridgehead atoms. The summed E-state index contributed by atoms with van der Waals surface area (Å²) in [6, 6.07) is 20.7. The van der Waals surface area contributed by atoms with E-state index in [2.05, 4.69) is 45.0 Å². The van der Waals surface area contributed by atoms with Gasteiger partial charge in [-0.3, -0.25) is 0 Å². The van der Waals surface area contributed by atoms with Gasteiger partial charge in [-0.2, -0.15) is 0 Å². The molecule has 0 aromatic heterocycles. The fraction of sp³-hybridized carbons (Fsp3) is 0.417. The van der Waals surface area contributed by atoms with Crippen LogP contribution in [0.4, 0.5) is 4.39 Å². The zero-order chi connectivity index (χ0) is 20.6. The lowest BCUT2D eigenvalue weighted by atomic mass is 10.2. The molecule has 152 valence electrons. The van der Waals surface area contributed by atoms with E-state index in [1.54, 1.807) is 0 Å². The second-order valence-corrected chi connectivity index (χ2v) is 12.5. The van der Waals surface area contributed by atoms with Gasteiger partial charge < -0.3 is 9.53 Å². The number of unbranched alkanes of at least 4 members (excludes halogenated alkanes) is 1. The molecular formula is C24H33FO2Si. The Morgan fingerprint density at radius 2 is 1.54 bits per heavy atom. The second kappa shape index (κ2) is 10.1. The van der Waals surface area contributed by atoms with E-state index >= 15 is 0 Å². The van der Waals surface area contributed by atoms with Crippen molar-refractivity contribution in [2.75, 3.05) is 6.61 Å². The number of rotatable bonds is 9. The van der Waals surface area contributed by atoms with Gasteiger partial charge in [0.05, 0.1) is 0 Å². The lowest BCUT2D eigenvalue weighted by Gasteiger charge is -2.43. The lowest BCUT2D eigenvalue weighted by molar-refractivity contribution is 0.144. The Morgan fingerprint density at radius 3 is 1.96 bits per heavy atom. The van der Waals surface area contributed by atoms with E-state index in [1.165, 1.54) is 16.4 Å². The average molecular weight is 401 g/mol. The quantitative estimate of drug-likeness (QED) is 0.602. The molecule has 1 atom stereocenters. The molecule has 0 amide bonds. The second-order valence-electron chi connectivity index (χ2n) is 8.19. The molecule has 0 aliphatic carbocycles. The van der Waals surface area contributed by atoms with E-state index in [0.29, 0.717) is 13.0 Å². The molecule has 1 unspecified atom stereocenters. The van der Waals surface area contributed by atoms with Gasteiger partial charge in [-0.1, -0.05) is 101 Å². The maximum atomic E-state index is 14.1. The van der Waals surface area contributed by atoms with Gasteiger partial charge in [0, 0.05) is 13.0 Å². The third-order valence-corrected chi connectivity index (χ3v) is 10.1. The van der Waals surface area contributed by atoms with Crippen LogP contribution in [-0.4, -0.2) is 26.1 Å². The van der Waals surface area contributed by atoms with Gasteiger partial charge in [0.15, 0.2) is 0 Å². The minimum absolute atomic E-state index is 0.128. The molecule has 0 saturated heterocycles. The third-order valence-electron chi connectivity index (χ3n) is 5.07. The Labute approximate surface area is 170 Å². The van der Waals surface area contributed by atoms with Crippen molar-refractivity contribution in [2.45, 2.75) is 58.1 Å². The Balaban J connectivity index is 2.34. The van der Waals surface area contributed by atoms with Gasteiger partial charge in [0.25, 0.3) is 8.32 Å². The van der Waals surface area contributed by atoms with Gasteiger partial charge in [-0.15, -0.1) is 0 Å². The number of aliphatic hydroxyl groups excluding tert-OH is 1. The van der Waals surface area contributed by atoms with E-state index in [9.17, 15) is 9.50 Å². The Morgan fingerprint density at radius 1 is 1.04 bits per heavy atom. The number of benzene rings is 2. The maximum Gasteiger partial charge on any atom is 0.261 e. The molecule has 4 heteroatoms. The monoisotopic (exact) mass is 400 g/mol. The Hall–Kier alpha value is -1.75. The lowest BCUT2D eigenvalue weighted by Crippen LogP contribution is -2.66. The van der Waals surface area contributed by atoms with E-state index in [4.69, 9.17) is 4.43 Å². The van der Waals surface area contributed by atoms with Crippen LogP contribution in [0.2, 0.25) is 5.04 Å². The van der Waals surface area contributed by atoms with Crippen LogP contribution in [0.25, 0.3) is 0 Å². The molecule has 0 aliphatic heterocycles. The summed E-state index contributed by atoms with van der Waals surface area (Å²) in [7, 11) is -2.63. The van der Waals surface area contributed by atoms with Crippen LogP contribution < -0.4 is 10.4 Å². The van der Waals surface area contributed by atoms with Gasteiger partial charge in [-0.25, -0.2) is 4.39 Å². The molecule has 2 aromatic carbocycles. The highest BCUT2D eigenvalue weighted by atomic mass is 28.4. The molecule has 0 saturated carbocycles. The molecule has 28 heavy (non-hydrogen) atoms. The minimum atomic E-state index is -2.63. The van der Waals surface area contributed by atoms with Crippen LogP contribution in [0.3, 0.4) is 0 Å². The first-order valence-corrected chi connectivity index (χ1v) is 12.0. The van der Waals surface area contributed by atoms with Crippen molar-refractivity contribution in [2.24, 2.45) is 0 Å². The van der Waals surface area contributed by atoms with Crippen molar-refractivity contribution in [1.82, 2.24) is 0 Å². The van der Waals surface area contributed by atoms with Gasteiger partial charge in [0.1, 0.15) is 11.9 Å². The molecule has 0 heterocycles. The first-order chi connectivity index (χ1) is 13.3. The summed E-state index contributed by atoms with van der Waals surface area (Å²) in [4.78, 5) is 0. The van der Waals surface area contributed by atoms with Crippen LogP contribution in [-0.2, 0) is 4.43 Å². The summed E-state index contributed by atoms with van der Waals surface area (Å²) in [5, 5.41) is 12.4. The average Bonchev–Trinajstić information content (AvgIpc) is 2.69. The number of allylic oxidation sites excluding steroid dienone is 1. The highest BCUT2D eigenvalue weighted by molar-refractivity contribution is 6.99. The van der Waals surface area contributed by atoms with Crippen molar-refractivity contribution in [3.05, 3.63) is 72.6 Å². The van der Waals surface area contributed by atoms with Crippen molar-refractivity contribution in [1.29, 1.82) is 0 Å². The van der Waals surface area contributed by atoms with Crippen LogP contribution in [0.1, 0.15) is 47.0 Å². The molecule has 2 aromatic rings. The number of hydrogen-bond acceptors (Lipinski definition) is 2. The first-order valence-electron chi connectivity index (χ1n) is 10.1. The summed E-state index contributed by atoms with van der Waals surface area (Å²) < 4.78 is 20.7. The van der Waals surface area contributed by atoms with Gasteiger partial charge in [0.2, 0.25) is 0 Å². The van der Waals surface area contributed by atoms with E-state index in [-0.39, 0.29) is 11.5 Å². The summed E-state index contributed by atoms with van der Waals surface area (Å²) in [6.45, 7) is 8.91. The van der Waals surface area contributed by atoms with E-state index in [0.717, 1.165) is 6.42 Å².